The van der Waals surface area contributed by atoms with Crippen LogP contribution >= 0.6 is 0 Å². The Morgan fingerprint density at radius 1 is 1.17 bits per heavy atom. The fourth-order valence-corrected chi connectivity index (χ4v) is 2.02. The van der Waals surface area contributed by atoms with Gasteiger partial charge in [0, 0.05) is 6.54 Å². The Morgan fingerprint density at radius 3 is 2.35 bits per heavy atom. The highest BCUT2D eigenvalue weighted by Crippen LogP contribution is 2.38. The van der Waals surface area contributed by atoms with Gasteiger partial charge in [0.25, 0.3) is 0 Å². The molecule has 0 saturated heterocycles. The van der Waals surface area contributed by atoms with E-state index in [0.717, 1.165) is 11.8 Å². The number of nitrogens with zero attached hydrogens (tertiary/aromatic N) is 3. The third-order valence-corrected chi connectivity index (χ3v) is 3.07. The lowest BCUT2D eigenvalue weighted by Crippen LogP contribution is -2.06. The van der Waals surface area contributed by atoms with Crippen LogP contribution < -0.4 is 19.5 Å². The van der Waals surface area contributed by atoms with Crippen molar-refractivity contribution in [2.45, 2.75) is 6.54 Å². The molecule has 0 fully saturated rings. The smallest absolute Gasteiger partial charge is 0.329 e. The molecule has 0 aliphatic carbocycles. The molecule has 0 saturated carbocycles. The summed E-state index contributed by atoms with van der Waals surface area (Å²) in [5.41, 5.74) is 0.590. The predicted molar refractivity (Wildman–Crippen MR) is 82.1 cm³/mol. The van der Waals surface area contributed by atoms with Crippen molar-refractivity contribution in [3.63, 3.8) is 0 Å². The van der Waals surface area contributed by atoms with Crippen molar-refractivity contribution < 1.29 is 19.1 Å². The van der Waals surface area contributed by atoms with Gasteiger partial charge in [-0.15, -0.1) is 0 Å². The predicted octanol–water partition coefficient (Wildman–Crippen LogP) is 2.02. The van der Waals surface area contributed by atoms with Crippen LogP contribution in [0.1, 0.15) is 5.56 Å². The van der Waals surface area contributed by atoms with Crippen molar-refractivity contribution in [3.8, 4) is 17.2 Å². The summed E-state index contributed by atoms with van der Waals surface area (Å²) < 4.78 is 15.8. The molecular weight excluding hydrogens is 304 g/mol. The first-order chi connectivity index (χ1) is 11.1. The van der Waals surface area contributed by atoms with Crippen LogP contribution in [0.15, 0.2) is 24.7 Å². The molecule has 0 spiro atoms. The fourth-order valence-electron chi connectivity index (χ4n) is 2.02. The summed E-state index contributed by atoms with van der Waals surface area (Å²) in [6.07, 6.45) is 2.38. The van der Waals surface area contributed by atoms with E-state index >= 15 is 0 Å². The first-order valence-corrected chi connectivity index (χ1v) is 6.57. The topological polar surface area (TPSA) is 109 Å². The van der Waals surface area contributed by atoms with Crippen molar-refractivity contribution >= 4 is 11.5 Å². The number of nitro groups is 1. The van der Waals surface area contributed by atoms with Gasteiger partial charge in [-0.05, 0) is 17.7 Å². The zero-order valence-electron chi connectivity index (χ0n) is 12.9. The van der Waals surface area contributed by atoms with Gasteiger partial charge in [0.15, 0.2) is 11.5 Å². The fraction of sp³-hybridized carbons (Fsp3) is 0.286. The SMILES string of the molecule is COc1cc(CNc2ncncc2[N+](=O)[O-])cc(OC)c1OC. The molecule has 23 heavy (non-hydrogen) atoms. The Labute approximate surface area is 132 Å². The molecule has 0 unspecified atom stereocenters. The second-order valence-electron chi connectivity index (χ2n) is 4.40. The Bertz CT molecular complexity index is 682. The summed E-state index contributed by atoms with van der Waals surface area (Å²) in [5, 5.41) is 13.9. The highest BCUT2D eigenvalue weighted by Gasteiger charge is 2.16. The van der Waals surface area contributed by atoms with E-state index in [1.54, 1.807) is 12.1 Å². The van der Waals surface area contributed by atoms with Crippen LogP contribution in [0.25, 0.3) is 0 Å². The number of hydrogen-bond acceptors (Lipinski definition) is 8. The molecular formula is C14H16N4O5. The van der Waals surface area contributed by atoms with Crippen LogP contribution in [-0.4, -0.2) is 36.2 Å². The van der Waals surface area contributed by atoms with Gasteiger partial charge >= 0.3 is 5.69 Å². The number of benzene rings is 1. The molecule has 2 aromatic rings. The maximum atomic E-state index is 10.9. The second-order valence-corrected chi connectivity index (χ2v) is 4.40. The van der Waals surface area contributed by atoms with Gasteiger partial charge in [-0.1, -0.05) is 0 Å². The van der Waals surface area contributed by atoms with Gasteiger partial charge < -0.3 is 19.5 Å². The Kier molecular flexibility index (Phi) is 5.13. The number of rotatable bonds is 7. The van der Waals surface area contributed by atoms with Gasteiger partial charge in [0.2, 0.25) is 11.6 Å². The molecule has 0 radical (unpaired) electrons. The van der Waals surface area contributed by atoms with E-state index < -0.39 is 4.92 Å². The van der Waals surface area contributed by atoms with Crippen molar-refractivity contribution in [1.29, 1.82) is 0 Å². The number of aromatic nitrogens is 2. The maximum Gasteiger partial charge on any atom is 0.329 e. The minimum Gasteiger partial charge on any atom is -0.493 e. The molecule has 0 aliphatic heterocycles. The first kappa shape index (κ1) is 16.3. The molecule has 0 aliphatic rings. The van der Waals surface area contributed by atoms with E-state index in [4.69, 9.17) is 14.2 Å². The number of nitrogens with one attached hydrogen (secondary N) is 1. The summed E-state index contributed by atoms with van der Waals surface area (Å²) in [4.78, 5) is 17.9. The van der Waals surface area contributed by atoms with Crippen molar-refractivity contribution in [1.82, 2.24) is 9.97 Å². The molecule has 0 amide bonds. The van der Waals surface area contributed by atoms with Gasteiger partial charge in [-0.2, -0.15) is 0 Å². The summed E-state index contributed by atoms with van der Waals surface area (Å²) in [7, 11) is 4.55. The molecule has 9 nitrogen and oxygen atoms in total. The zero-order chi connectivity index (χ0) is 16.8. The Balaban J connectivity index is 2.26. The average Bonchev–Trinajstić information content (AvgIpc) is 2.58. The van der Waals surface area contributed by atoms with Crippen molar-refractivity contribution in [3.05, 3.63) is 40.3 Å². The van der Waals surface area contributed by atoms with E-state index in [0.29, 0.717) is 17.2 Å². The summed E-state index contributed by atoms with van der Waals surface area (Å²) >= 11 is 0. The quantitative estimate of drug-likeness (QED) is 0.609. The number of anilines is 1. The first-order valence-electron chi connectivity index (χ1n) is 6.57. The standard InChI is InChI=1S/C14H16N4O5/c1-21-11-4-9(5-12(22-2)13(11)23-3)6-16-14-10(18(19)20)7-15-8-17-14/h4-5,7-8H,6H2,1-3H3,(H,15,16,17). The van der Waals surface area contributed by atoms with Crippen LogP contribution in [0.3, 0.4) is 0 Å². The van der Waals surface area contributed by atoms with Crippen LogP contribution in [0.4, 0.5) is 11.5 Å². The molecule has 2 rings (SSSR count). The van der Waals surface area contributed by atoms with E-state index in [1.165, 1.54) is 27.7 Å². The van der Waals surface area contributed by atoms with Gasteiger partial charge in [0.05, 0.1) is 26.3 Å². The third kappa shape index (κ3) is 3.57. The lowest BCUT2D eigenvalue weighted by molar-refractivity contribution is -0.384. The second kappa shape index (κ2) is 7.25. The number of methoxy groups -OCH3 is 3. The van der Waals surface area contributed by atoms with Crippen LogP contribution in [0.2, 0.25) is 0 Å². The Hall–Kier alpha value is -3.10. The zero-order valence-corrected chi connectivity index (χ0v) is 12.9. The molecule has 1 aromatic carbocycles. The molecule has 1 heterocycles. The Morgan fingerprint density at radius 2 is 1.83 bits per heavy atom. The van der Waals surface area contributed by atoms with E-state index in [1.807, 2.05) is 0 Å². The largest absolute Gasteiger partial charge is 0.493 e. The van der Waals surface area contributed by atoms with Gasteiger partial charge in [-0.25, -0.2) is 9.97 Å². The molecule has 1 N–H and O–H groups in total. The maximum absolute atomic E-state index is 10.9. The minimum absolute atomic E-state index is 0.138. The van der Waals surface area contributed by atoms with Gasteiger partial charge in [0.1, 0.15) is 12.5 Å². The summed E-state index contributed by atoms with van der Waals surface area (Å²) in [5.74, 6) is 1.62. The van der Waals surface area contributed by atoms with Crippen LogP contribution in [0.5, 0.6) is 17.2 Å². The molecule has 9 heteroatoms. The minimum atomic E-state index is -0.544. The summed E-state index contributed by atoms with van der Waals surface area (Å²) in [6.45, 7) is 0.286. The van der Waals surface area contributed by atoms with Crippen molar-refractivity contribution in [2.24, 2.45) is 0 Å². The van der Waals surface area contributed by atoms with Gasteiger partial charge in [-0.3, -0.25) is 10.1 Å². The lowest BCUT2D eigenvalue weighted by Gasteiger charge is -2.14. The van der Waals surface area contributed by atoms with E-state index in [-0.39, 0.29) is 18.1 Å². The van der Waals surface area contributed by atoms with E-state index in [9.17, 15) is 10.1 Å². The number of ether oxygens (including phenoxy) is 3. The molecule has 122 valence electrons. The highest BCUT2D eigenvalue weighted by atomic mass is 16.6. The van der Waals surface area contributed by atoms with Crippen LogP contribution in [0, 0.1) is 10.1 Å². The highest BCUT2D eigenvalue weighted by molar-refractivity contribution is 5.56. The van der Waals surface area contributed by atoms with E-state index in [2.05, 4.69) is 15.3 Å². The third-order valence-electron chi connectivity index (χ3n) is 3.07. The average molecular weight is 320 g/mol. The summed E-state index contributed by atoms with van der Waals surface area (Å²) in [6, 6.07) is 3.50. The number of hydrogen-bond donors (Lipinski definition) is 1. The molecule has 1 aromatic heterocycles. The molecule has 0 bridgehead atoms. The molecule has 0 atom stereocenters. The van der Waals surface area contributed by atoms with Crippen molar-refractivity contribution in [2.75, 3.05) is 26.6 Å². The monoisotopic (exact) mass is 320 g/mol. The lowest BCUT2D eigenvalue weighted by atomic mass is 10.1. The normalized spacial score (nSPS) is 10.0. The van der Waals surface area contributed by atoms with Crippen LogP contribution in [-0.2, 0) is 6.54 Å².